The Morgan fingerprint density at radius 3 is 2.50 bits per heavy atom. The third-order valence-electron chi connectivity index (χ3n) is 6.08. The summed E-state index contributed by atoms with van der Waals surface area (Å²) in [6, 6.07) is 8.53. The van der Waals surface area contributed by atoms with Gasteiger partial charge in [-0.05, 0) is 50.5 Å². The lowest BCUT2D eigenvalue weighted by Crippen LogP contribution is -2.42. The van der Waals surface area contributed by atoms with Crippen LogP contribution in [-0.2, 0) is 18.2 Å². The third kappa shape index (κ3) is 6.23. The number of morpholine rings is 1. The van der Waals surface area contributed by atoms with Crippen molar-refractivity contribution in [3.63, 3.8) is 0 Å². The number of nitrogens with one attached hydrogen (secondary N) is 2. The van der Waals surface area contributed by atoms with E-state index in [2.05, 4.69) is 53.5 Å². The highest BCUT2D eigenvalue weighted by atomic mass is 16.5. The van der Waals surface area contributed by atoms with E-state index in [1.165, 1.54) is 16.8 Å². The number of methoxy groups -OCH3 is 1. The molecule has 8 nitrogen and oxygen atoms in total. The van der Waals surface area contributed by atoms with E-state index >= 15 is 0 Å². The maximum absolute atomic E-state index is 5.57. The van der Waals surface area contributed by atoms with E-state index in [1.54, 1.807) is 7.11 Å². The molecular formula is C24H38N6O2. The largest absolute Gasteiger partial charge is 0.497 e. The van der Waals surface area contributed by atoms with E-state index in [0.29, 0.717) is 6.54 Å². The predicted octanol–water partition coefficient (Wildman–Crippen LogP) is 2.22. The SMILES string of the molecule is CCNC(=NCC(c1ccc(OC)cc1)N1CCOCC1)NCCc1c(C)nn(C)c1C. The highest BCUT2D eigenvalue weighted by Gasteiger charge is 2.22. The van der Waals surface area contributed by atoms with Gasteiger partial charge in [-0.3, -0.25) is 14.6 Å². The summed E-state index contributed by atoms with van der Waals surface area (Å²) >= 11 is 0. The van der Waals surface area contributed by atoms with Gasteiger partial charge in [0.1, 0.15) is 5.75 Å². The van der Waals surface area contributed by atoms with Crippen molar-refractivity contribution in [3.05, 3.63) is 46.8 Å². The molecule has 3 rings (SSSR count). The van der Waals surface area contributed by atoms with Crippen LogP contribution in [0.5, 0.6) is 5.75 Å². The van der Waals surface area contributed by atoms with E-state index in [-0.39, 0.29) is 6.04 Å². The molecular weight excluding hydrogens is 404 g/mol. The standard InChI is InChI=1S/C24H38N6O2/c1-6-25-24(26-12-11-22-18(2)28-29(4)19(22)3)27-17-23(30-13-15-32-16-14-30)20-7-9-21(31-5)10-8-20/h7-10,23H,6,11-17H2,1-5H3,(H2,25,26,27). The smallest absolute Gasteiger partial charge is 0.191 e. The fourth-order valence-corrected chi connectivity index (χ4v) is 4.15. The first kappa shape index (κ1) is 24.1. The zero-order valence-electron chi connectivity index (χ0n) is 20.1. The van der Waals surface area contributed by atoms with E-state index in [9.17, 15) is 0 Å². The van der Waals surface area contributed by atoms with Gasteiger partial charge in [-0.1, -0.05) is 12.1 Å². The van der Waals surface area contributed by atoms with Crippen LogP contribution in [0.15, 0.2) is 29.3 Å². The molecule has 1 saturated heterocycles. The molecule has 8 heteroatoms. The number of guanidine groups is 1. The number of nitrogens with zero attached hydrogens (tertiary/aromatic N) is 4. The lowest BCUT2D eigenvalue weighted by molar-refractivity contribution is 0.0179. The fourth-order valence-electron chi connectivity index (χ4n) is 4.15. The highest BCUT2D eigenvalue weighted by Crippen LogP contribution is 2.24. The number of hydrogen-bond donors (Lipinski definition) is 2. The van der Waals surface area contributed by atoms with E-state index in [1.807, 2.05) is 23.9 Å². The molecule has 0 aliphatic carbocycles. The van der Waals surface area contributed by atoms with Gasteiger partial charge in [-0.2, -0.15) is 5.10 Å². The second kappa shape index (κ2) is 11.9. The number of aryl methyl sites for hydroxylation is 2. The lowest BCUT2D eigenvalue weighted by Gasteiger charge is -2.34. The van der Waals surface area contributed by atoms with E-state index in [4.69, 9.17) is 14.5 Å². The highest BCUT2D eigenvalue weighted by molar-refractivity contribution is 5.79. The number of hydrogen-bond acceptors (Lipinski definition) is 5. The van der Waals surface area contributed by atoms with Crippen molar-refractivity contribution in [2.24, 2.45) is 12.0 Å². The van der Waals surface area contributed by atoms with Crippen molar-refractivity contribution < 1.29 is 9.47 Å². The maximum Gasteiger partial charge on any atom is 0.191 e. The second-order valence-electron chi connectivity index (χ2n) is 8.11. The van der Waals surface area contributed by atoms with E-state index in [0.717, 1.165) is 63.2 Å². The van der Waals surface area contributed by atoms with Crippen LogP contribution in [0.2, 0.25) is 0 Å². The molecule has 2 aromatic rings. The van der Waals surface area contributed by atoms with Crippen molar-refractivity contribution >= 4 is 5.96 Å². The molecule has 1 aromatic heterocycles. The molecule has 0 amide bonds. The normalized spacial score (nSPS) is 16.1. The van der Waals surface area contributed by atoms with Gasteiger partial charge in [0.2, 0.25) is 0 Å². The van der Waals surface area contributed by atoms with Crippen molar-refractivity contribution in [1.29, 1.82) is 0 Å². The molecule has 0 spiro atoms. The number of aromatic nitrogens is 2. The molecule has 0 saturated carbocycles. The number of aliphatic imine (C=N–C) groups is 1. The minimum atomic E-state index is 0.197. The molecule has 1 unspecified atom stereocenters. The first-order chi connectivity index (χ1) is 15.5. The van der Waals surface area contributed by atoms with Gasteiger partial charge >= 0.3 is 0 Å². The van der Waals surface area contributed by atoms with Gasteiger partial charge < -0.3 is 20.1 Å². The second-order valence-corrected chi connectivity index (χ2v) is 8.11. The van der Waals surface area contributed by atoms with Gasteiger partial charge in [0.15, 0.2) is 5.96 Å². The van der Waals surface area contributed by atoms with Gasteiger partial charge in [-0.15, -0.1) is 0 Å². The summed E-state index contributed by atoms with van der Waals surface area (Å²) < 4.78 is 12.9. The van der Waals surface area contributed by atoms with Gasteiger partial charge in [0, 0.05) is 38.9 Å². The van der Waals surface area contributed by atoms with Crippen molar-refractivity contribution in [2.75, 3.05) is 53.0 Å². The molecule has 1 aliphatic rings. The minimum Gasteiger partial charge on any atom is -0.497 e. The topological polar surface area (TPSA) is 75.9 Å². The Balaban J connectivity index is 1.69. The molecule has 0 bridgehead atoms. The number of rotatable bonds is 9. The van der Waals surface area contributed by atoms with Crippen LogP contribution in [0.4, 0.5) is 0 Å². The van der Waals surface area contributed by atoms with Gasteiger partial charge in [0.05, 0.1) is 38.6 Å². The van der Waals surface area contributed by atoms with Crippen LogP contribution in [0.1, 0.15) is 35.5 Å². The molecule has 32 heavy (non-hydrogen) atoms. The van der Waals surface area contributed by atoms with Crippen LogP contribution in [0, 0.1) is 13.8 Å². The number of ether oxygens (including phenoxy) is 2. The van der Waals surface area contributed by atoms with Crippen molar-refractivity contribution in [3.8, 4) is 5.75 Å². The third-order valence-corrected chi connectivity index (χ3v) is 6.08. The van der Waals surface area contributed by atoms with Crippen molar-refractivity contribution in [2.45, 2.75) is 33.2 Å². The zero-order valence-corrected chi connectivity index (χ0v) is 20.1. The Hall–Kier alpha value is -2.58. The summed E-state index contributed by atoms with van der Waals surface area (Å²) in [5.74, 6) is 1.72. The van der Waals surface area contributed by atoms with E-state index < -0.39 is 0 Å². The Morgan fingerprint density at radius 1 is 1.19 bits per heavy atom. The van der Waals surface area contributed by atoms with Crippen molar-refractivity contribution in [1.82, 2.24) is 25.3 Å². The predicted molar refractivity (Wildman–Crippen MR) is 128 cm³/mol. The summed E-state index contributed by atoms with van der Waals surface area (Å²) in [6.45, 7) is 11.9. The first-order valence-corrected chi connectivity index (χ1v) is 11.5. The molecule has 1 atom stereocenters. The lowest BCUT2D eigenvalue weighted by atomic mass is 10.0. The van der Waals surface area contributed by atoms with Crippen LogP contribution < -0.4 is 15.4 Å². The Labute approximate surface area is 192 Å². The fraction of sp³-hybridized carbons (Fsp3) is 0.583. The molecule has 2 N–H and O–H groups in total. The summed E-state index contributed by atoms with van der Waals surface area (Å²) in [7, 11) is 3.69. The average Bonchev–Trinajstić information content (AvgIpc) is 3.06. The summed E-state index contributed by atoms with van der Waals surface area (Å²) in [4.78, 5) is 7.41. The minimum absolute atomic E-state index is 0.197. The van der Waals surface area contributed by atoms with Crippen LogP contribution in [0.3, 0.4) is 0 Å². The molecule has 2 heterocycles. The quantitative estimate of drug-likeness (QED) is 0.458. The molecule has 1 aromatic carbocycles. The average molecular weight is 443 g/mol. The summed E-state index contributed by atoms with van der Waals surface area (Å²) in [5.41, 5.74) is 4.87. The van der Waals surface area contributed by atoms with Gasteiger partial charge in [-0.25, -0.2) is 0 Å². The zero-order chi connectivity index (χ0) is 22.9. The Morgan fingerprint density at radius 2 is 1.91 bits per heavy atom. The first-order valence-electron chi connectivity index (χ1n) is 11.5. The van der Waals surface area contributed by atoms with Crippen LogP contribution in [0.25, 0.3) is 0 Å². The van der Waals surface area contributed by atoms with Crippen LogP contribution in [-0.4, -0.2) is 73.7 Å². The monoisotopic (exact) mass is 442 g/mol. The van der Waals surface area contributed by atoms with Gasteiger partial charge in [0.25, 0.3) is 0 Å². The Kier molecular flexibility index (Phi) is 8.93. The molecule has 0 radical (unpaired) electrons. The summed E-state index contributed by atoms with van der Waals surface area (Å²) in [5, 5.41) is 11.4. The molecule has 1 aliphatic heterocycles. The Bertz CT molecular complexity index is 871. The molecule has 1 fully saturated rings. The molecule has 176 valence electrons. The maximum atomic E-state index is 5.57. The number of benzene rings is 1. The summed E-state index contributed by atoms with van der Waals surface area (Å²) in [6.07, 6.45) is 0.918. The van der Waals surface area contributed by atoms with Crippen LogP contribution >= 0.6 is 0 Å².